The molecule has 4 rings (SSSR count). The van der Waals surface area contributed by atoms with Crippen molar-refractivity contribution in [1.82, 2.24) is 5.32 Å². The molecule has 5 atom stereocenters. The Bertz CT molecular complexity index is 916. The lowest BCUT2D eigenvalue weighted by molar-refractivity contribution is -0.327. The zero-order valence-electron chi connectivity index (χ0n) is 15.4. The van der Waals surface area contributed by atoms with Gasteiger partial charge in [0.25, 0.3) is 0 Å². The van der Waals surface area contributed by atoms with Crippen LogP contribution in [0.15, 0.2) is 42.5 Å². The smallest absolute Gasteiger partial charge is 0.217 e. The third-order valence-corrected chi connectivity index (χ3v) is 5.60. The summed E-state index contributed by atoms with van der Waals surface area (Å²) in [4.78, 5) is 11.7. The van der Waals surface area contributed by atoms with Crippen LogP contribution in [-0.4, -0.2) is 57.3 Å². The van der Waals surface area contributed by atoms with E-state index in [4.69, 9.17) is 4.74 Å². The molecule has 1 unspecified atom stereocenters. The van der Waals surface area contributed by atoms with Gasteiger partial charge in [0, 0.05) is 12.5 Å². The van der Waals surface area contributed by atoms with Gasteiger partial charge in [0.05, 0.1) is 6.61 Å². The lowest BCUT2D eigenvalue weighted by Crippen LogP contribution is -2.68. The van der Waals surface area contributed by atoms with Crippen LogP contribution < -0.4 is 5.32 Å². The molecule has 0 saturated carbocycles. The number of carbonyl (C=O) groups is 1. The predicted molar refractivity (Wildman–Crippen MR) is 100 cm³/mol. The van der Waals surface area contributed by atoms with E-state index in [0.29, 0.717) is 12.0 Å². The number of ether oxygens (including phenoxy) is 1. The van der Waals surface area contributed by atoms with Crippen molar-refractivity contribution in [3.05, 3.63) is 59.2 Å². The first-order valence-electron chi connectivity index (χ1n) is 9.21. The third-order valence-electron chi connectivity index (χ3n) is 5.60. The van der Waals surface area contributed by atoms with Gasteiger partial charge >= 0.3 is 0 Å². The fourth-order valence-corrected chi connectivity index (χ4v) is 4.29. The minimum Gasteiger partial charge on any atom is -0.394 e. The molecule has 1 heterocycles. The first-order chi connectivity index (χ1) is 13.4. The van der Waals surface area contributed by atoms with E-state index in [1.54, 1.807) is 12.1 Å². The molecule has 2 aliphatic rings. The number of carbonyl (C=O) groups excluding carboxylic acids is 1. The Hall–Kier alpha value is -2.29. The van der Waals surface area contributed by atoms with Crippen molar-refractivity contribution in [2.45, 2.75) is 43.5 Å². The van der Waals surface area contributed by atoms with Crippen LogP contribution in [0.5, 0.6) is 0 Å². The van der Waals surface area contributed by atoms with E-state index in [1.165, 1.54) is 6.92 Å². The van der Waals surface area contributed by atoms with Crippen LogP contribution in [0.2, 0.25) is 0 Å². The lowest BCUT2D eigenvalue weighted by atomic mass is 9.83. The molecule has 5 N–H and O–H groups in total. The molecular weight excluding hydrogens is 362 g/mol. The van der Waals surface area contributed by atoms with Crippen molar-refractivity contribution in [1.29, 1.82) is 0 Å². The van der Waals surface area contributed by atoms with Gasteiger partial charge in [-0.2, -0.15) is 0 Å². The molecule has 2 aromatic rings. The first-order valence-corrected chi connectivity index (χ1v) is 9.21. The molecule has 1 amide bonds. The van der Waals surface area contributed by atoms with Crippen LogP contribution in [0.4, 0.5) is 0 Å². The maximum atomic E-state index is 11.7. The van der Waals surface area contributed by atoms with Crippen molar-refractivity contribution in [2.24, 2.45) is 0 Å². The number of benzene rings is 2. The van der Waals surface area contributed by atoms with Gasteiger partial charge in [0.1, 0.15) is 24.4 Å². The van der Waals surface area contributed by atoms with Gasteiger partial charge in [-0.15, -0.1) is 0 Å². The average Bonchev–Trinajstić information content (AvgIpc) is 3.06. The summed E-state index contributed by atoms with van der Waals surface area (Å²) < 4.78 is 5.71. The monoisotopic (exact) mass is 385 g/mol. The van der Waals surface area contributed by atoms with Crippen LogP contribution in [0.3, 0.4) is 0 Å². The number of aliphatic hydroxyl groups excluding tert-OH is 3. The Kier molecular flexibility index (Phi) is 4.73. The maximum absolute atomic E-state index is 11.7. The number of nitrogens with one attached hydrogen (secondary N) is 1. The molecule has 7 heteroatoms. The Morgan fingerprint density at radius 3 is 2.57 bits per heavy atom. The lowest BCUT2D eigenvalue weighted by Gasteiger charge is -2.48. The highest BCUT2D eigenvalue weighted by molar-refractivity contribution is 5.78. The standard InChI is InChI=1S/C21H23NO6/c1-11(24)22-20-19(26)18(25)17(10-23)28-21(20,27)16-8-4-7-14-13-6-3-2-5-12(13)9-15(14)16/h2-8,17-20,23,25-27H,9-10H2,1H3,(H,22,24)/t17-,18+,19+,20-,21?/m1/s1. The number of amides is 1. The van der Waals surface area contributed by atoms with Gasteiger partial charge in [0.2, 0.25) is 11.7 Å². The molecule has 0 aromatic heterocycles. The Labute approximate surface area is 162 Å². The van der Waals surface area contributed by atoms with Crippen molar-refractivity contribution < 1.29 is 30.0 Å². The molecule has 0 spiro atoms. The van der Waals surface area contributed by atoms with Crippen LogP contribution >= 0.6 is 0 Å². The summed E-state index contributed by atoms with van der Waals surface area (Å²) in [6, 6.07) is 12.0. The minimum absolute atomic E-state index is 0.393. The van der Waals surface area contributed by atoms with E-state index in [2.05, 4.69) is 5.32 Å². The summed E-state index contributed by atoms with van der Waals surface area (Å²) in [6.07, 6.45) is -3.64. The molecule has 1 aliphatic carbocycles. The summed E-state index contributed by atoms with van der Waals surface area (Å²) >= 11 is 0. The zero-order chi connectivity index (χ0) is 20.1. The summed E-state index contributed by atoms with van der Waals surface area (Å²) in [5, 5.41) is 44.5. The first kappa shape index (κ1) is 19.0. The van der Waals surface area contributed by atoms with Crippen LogP contribution in [0.1, 0.15) is 23.6 Å². The third kappa shape index (κ3) is 2.83. The summed E-state index contributed by atoms with van der Waals surface area (Å²) in [5.41, 5.74) is 4.30. The highest BCUT2D eigenvalue weighted by Gasteiger charge is 2.55. The predicted octanol–water partition coefficient (Wildman–Crippen LogP) is 0.0205. The highest BCUT2D eigenvalue weighted by atomic mass is 16.6. The van der Waals surface area contributed by atoms with E-state index in [9.17, 15) is 25.2 Å². The largest absolute Gasteiger partial charge is 0.394 e. The van der Waals surface area contributed by atoms with E-state index in [0.717, 1.165) is 22.3 Å². The number of hydrogen-bond acceptors (Lipinski definition) is 6. The topological polar surface area (TPSA) is 119 Å². The molecule has 1 fully saturated rings. The average molecular weight is 385 g/mol. The second-order valence-electron chi connectivity index (χ2n) is 7.36. The van der Waals surface area contributed by atoms with E-state index < -0.39 is 42.7 Å². The van der Waals surface area contributed by atoms with Crippen LogP contribution in [0, 0.1) is 0 Å². The van der Waals surface area contributed by atoms with Gasteiger partial charge in [-0.3, -0.25) is 4.79 Å². The molecule has 1 aliphatic heterocycles. The van der Waals surface area contributed by atoms with Crippen molar-refractivity contribution in [3.63, 3.8) is 0 Å². The summed E-state index contributed by atoms with van der Waals surface area (Å²) in [6.45, 7) is 0.658. The van der Waals surface area contributed by atoms with Gasteiger partial charge in [-0.25, -0.2) is 0 Å². The molecule has 0 radical (unpaired) electrons. The second-order valence-corrected chi connectivity index (χ2v) is 7.36. The number of fused-ring (bicyclic) bond motifs is 3. The van der Waals surface area contributed by atoms with Gasteiger partial charge in [0.15, 0.2) is 0 Å². The molecule has 148 valence electrons. The van der Waals surface area contributed by atoms with E-state index in [1.807, 2.05) is 30.3 Å². The van der Waals surface area contributed by atoms with Crippen molar-refractivity contribution >= 4 is 5.91 Å². The van der Waals surface area contributed by atoms with Crippen molar-refractivity contribution in [2.75, 3.05) is 6.61 Å². The van der Waals surface area contributed by atoms with Crippen molar-refractivity contribution in [3.8, 4) is 11.1 Å². The fourth-order valence-electron chi connectivity index (χ4n) is 4.29. The maximum Gasteiger partial charge on any atom is 0.217 e. The van der Waals surface area contributed by atoms with E-state index >= 15 is 0 Å². The number of rotatable bonds is 3. The number of aliphatic hydroxyl groups is 4. The Morgan fingerprint density at radius 2 is 1.86 bits per heavy atom. The molecule has 0 bridgehead atoms. The van der Waals surface area contributed by atoms with Gasteiger partial charge in [-0.05, 0) is 28.7 Å². The second kappa shape index (κ2) is 6.95. The molecule has 1 saturated heterocycles. The minimum atomic E-state index is -2.12. The number of hydrogen-bond donors (Lipinski definition) is 5. The van der Waals surface area contributed by atoms with E-state index in [-0.39, 0.29) is 0 Å². The van der Waals surface area contributed by atoms with Crippen LogP contribution in [-0.2, 0) is 21.7 Å². The highest BCUT2D eigenvalue weighted by Crippen LogP contribution is 2.44. The van der Waals surface area contributed by atoms with Crippen LogP contribution in [0.25, 0.3) is 11.1 Å². The molecule has 7 nitrogen and oxygen atoms in total. The summed E-state index contributed by atoms with van der Waals surface area (Å²) in [7, 11) is 0. The Balaban J connectivity index is 1.85. The molecule has 28 heavy (non-hydrogen) atoms. The molecular formula is C21H23NO6. The quantitative estimate of drug-likeness (QED) is 0.434. The normalized spacial score (nSPS) is 31.2. The summed E-state index contributed by atoms with van der Waals surface area (Å²) in [5.74, 6) is -2.61. The fraction of sp³-hybridized carbons (Fsp3) is 0.381. The van der Waals surface area contributed by atoms with Gasteiger partial charge in [-0.1, -0.05) is 42.5 Å². The Morgan fingerprint density at radius 1 is 1.14 bits per heavy atom. The van der Waals surface area contributed by atoms with Gasteiger partial charge < -0.3 is 30.5 Å². The molecule has 2 aromatic carbocycles. The zero-order valence-corrected chi connectivity index (χ0v) is 15.4. The SMILES string of the molecule is CC(=O)N[C@@H]1[C@@H](O)[C@@H](O)[C@@H](CO)OC1(O)c1cccc2c1Cc1ccccc1-2.